The van der Waals surface area contributed by atoms with E-state index < -0.39 is 0 Å². The lowest BCUT2D eigenvalue weighted by Gasteiger charge is -2.05. The van der Waals surface area contributed by atoms with Crippen molar-refractivity contribution in [3.8, 4) is 0 Å². The van der Waals surface area contributed by atoms with Gasteiger partial charge in [0.15, 0.2) is 0 Å². The van der Waals surface area contributed by atoms with Gasteiger partial charge in [0.25, 0.3) is 0 Å². The third-order valence-corrected chi connectivity index (χ3v) is 1.56. The minimum absolute atomic E-state index is 0.0305. The fourth-order valence-electron chi connectivity index (χ4n) is 0.889. The number of carbonyl (C=O) groups is 1. The molecule has 0 aliphatic heterocycles. The Morgan fingerprint density at radius 1 is 1.64 bits per heavy atom. The summed E-state index contributed by atoms with van der Waals surface area (Å²) in [6.07, 6.45) is 3.33. The van der Waals surface area contributed by atoms with Crippen LogP contribution in [0.1, 0.15) is 24.5 Å². The quantitative estimate of drug-likeness (QED) is 0.611. The van der Waals surface area contributed by atoms with Crippen LogP contribution < -0.4 is 0 Å². The molecule has 0 spiro atoms. The molecule has 0 aliphatic carbocycles. The molecule has 0 atom stereocenters. The molecule has 0 amide bonds. The molecule has 0 N–H and O–H groups in total. The Balaban J connectivity index is 2.93. The smallest absolute Gasteiger partial charge is 0.234 e. The second-order valence-electron chi connectivity index (χ2n) is 2.84. The average Bonchev–Trinajstić information content (AvgIpc) is 2.33. The first-order chi connectivity index (χ1) is 5.13. The predicted molar refractivity (Wildman–Crippen MR) is 42.4 cm³/mol. The molecule has 0 unspecified atom stereocenters. The zero-order valence-corrected chi connectivity index (χ0v) is 7.03. The van der Waals surface area contributed by atoms with E-state index in [4.69, 9.17) is 0 Å². The van der Waals surface area contributed by atoms with Crippen LogP contribution in [0, 0.1) is 12.8 Å². The first-order valence-electron chi connectivity index (χ1n) is 3.67. The van der Waals surface area contributed by atoms with Crippen LogP contribution in [-0.2, 0) is 0 Å². The Kier molecular flexibility index (Phi) is 2.08. The zero-order valence-electron chi connectivity index (χ0n) is 7.03. The average molecular weight is 152 g/mol. The number of rotatable bonds is 1. The van der Waals surface area contributed by atoms with Gasteiger partial charge < -0.3 is 0 Å². The first kappa shape index (κ1) is 7.98. The molecule has 3 heteroatoms. The molecule has 3 nitrogen and oxygen atoms in total. The Hall–Kier alpha value is -1.12. The maximum Gasteiger partial charge on any atom is 0.234 e. The van der Waals surface area contributed by atoms with Crippen molar-refractivity contribution < 1.29 is 4.79 Å². The fraction of sp³-hybridized carbons (Fsp3) is 0.500. The van der Waals surface area contributed by atoms with Gasteiger partial charge in [-0.2, -0.15) is 0 Å². The standard InChI is InChI=1S/C8H12N2O/c1-6(2)8(11)10-5-4-9-7(10)3/h4-6H,1-3H3. The molecular formula is C8H12N2O. The molecule has 0 fully saturated rings. The summed E-state index contributed by atoms with van der Waals surface area (Å²) in [6.45, 7) is 5.57. The summed E-state index contributed by atoms with van der Waals surface area (Å²) in [6, 6.07) is 0. The van der Waals surface area contributed by atoms with Crippen molar-refractivity contribution in [2.75, 3.05) is 0 Å². The van der Waals surface area contributed by atoms with E-state index in [0.29, 0.717) is 0 Å². The van der Waals surface area contributed by atoms with Crippen LogP contribution in [0.4, 0.5) is 0 Å². The highest BCUT2D eigenvalue weighted by atomic mass is 16.2. The van der Waals surface area contributed by atoms with Crippen LogP contribution in [0.2, 0.25) is 0 Å². The topological polar surface area (TPSA) is 34.9 Å². The SMILES string of the molecule is Cc1nccn1C(=O)C(C)C. The van der Waals surface area contributed by atoms with Crippen molar-refractivity contribution in [3.05, 3.63) is 18.2 Å². The van der Waals surface area contributed by atoms with Crippen LogP contribution >= 0.6 is 0 Å². The molecule has 1 rings (SSSR count). The van der Waals surface area contributed by atoms with Gasteiger partial charge in [0.05, 0.1) is 0 Å². The summed E-state index contributed by atoms with van der Waals surface area (Å²) in [5.74, 6) is 0.881. The molecule has 0 saturated carbocycles. The highest BCUT2D eigenvalue weighted by molar-refractivity contribution is 5.81. The van der Waals surface area contributed by atoms with E-state index in [0.717, 1.165) is 5.82 Å². The van der Waals surface area contributed by atoms with Gasteiger partial charge in [-0.3, -0.25) is 9.36 Å². The molecule has 0 bridgehead atoms. The highest BCUT2D eigenvalue weighted by Crippen LogP contribution is 2.01. The predicted octanol–water partition coefficient (Wildman–Crippen LogP) is 1.49. The minimum atomic E-state index is 0.0305. The van der Waals surface area contributed by atoms with Gasteiger partial charge in [-0.05, 0) is 6.92 Å². The van der Waals surface area contributed by atoms with E-state index in [2.05, 4.69) is 4.98 Å². The number of imidazole rings is 1. The van der Waals surface area contributed by atoms with E-state index in [1.54, 1.807) is 17.0 Å². The third kappa shape index (κ3) is 1.48. The van der Waals surface area contributed by atoms with Crippen LogP contribution in [0.25, 0.3) is 0 Å². The zero-order chi connectivity index (χ0) is 8.43. The molecule has 1 heterocycles. The lowest BCUT2D eigenvalue weighted by molar-refractivity contribution is 0.0852. The van der Waals surface area contributed by atoms with Gasteiger partial charge in [-0.15, -0.1) is 0 Å². The number of hydrogen-bond acceptors (Lipinski definition) is 2. The second kappa shape index (κ2) is 2.86. The van der Waals surface area contributed by atoms with Crippen LogP contribution in [0.15, 0.2) is 12.4 Å². The van der Waals surface area contributed by atoms with Crippen molar-refractivity contribution in [2.24, 2.45) is 5.92 Å². The van der Waals surface area contributed by atoms with Crippen LogP contribution in [0.3, 0.4) is 0 Å². The normalized spacial score (nSPS) is 10.5. The molecule has 60 valence electrons. The monoisotopic (exact) mass is 152 g/mol. The van der Waals surface area contributed by atoms with E-state index in [-0.39, 0.29) is 11.8 Å². The van der Waals surface area contributed by atoms with Crippen LogP contribution in [-0.4, -0.2) is 15.5 Å². The molecule has 0 saturated heterocycles. The lowest BCUT2D eigenvalue weighted by atomic mass is 10.2. The third-order valence-electron chi connectivity index (χ3n) is 1.56. The van der Waals surface area contributed by atoms with Crippen molar-refractivity contribution in [2.45, 2.75) is 20.8 Å². The Morgan fingerprint density at radius 2 is 2.27 bits per heavy atom. The Labute approximate surface area is 66.1 Å². The summed E-state index contributed by atoms with van der Waals surface area (Å²) >= 11 is 0. The number of aromatic nitrogens is 2. The number of hydrogen-bond donors (Lipinski definition) is 0. The Bertz CT molecular complexity index is 263. The highest BCUT2D eigenvalue weighted by Gasteiger charge is 2.10. The van der Waals surface area contributed by atoms with Gasteiger partial charge in [0.1, 0.15) is 5.82 Å². The van der Waals surface area contributed by atoms with Gasteiger partial charge in [0, 0.05) is 18.3 Å². The number of carbonyl (C=O) groups excluding carboxylic acids is 1. The van der Waals surface area contributed by atoms with Gasteiger partial charge in [-0.1, -0.05) is 13.8 Å². The van der Waals surface area contributed by atoms with E-state index in [1.807, 2.05) is 20.8 Å². The summed E-state index contributed by atoms with van der Waals surface area (Å²) < 4.78 is 1.57. The number of aryl methyl sites for hydroxylation is 1. The summed E-state index contributed by atoms with van der Waals surface area (Å²) in [7, 11) is 0. The van der Waals surface area contributed by atoms with E-state index in [1.165, 1.54) is 0 Å². The van der Waals surface area contributed by atoms with Crippen molar-refractivity contribution in [1.29, 1.82) is 0 Å². The van der Waals surface area contributed by atoms with Crippen molar-refractivity contribution in [3.63, 3.8) is 0 Å². The summed E-state index contributed by atoms with van der Waals surface area (Å²) in [4.78, 5) is 15.3. The second-order valence-corrected chi connectivity index (χ2v) is 2.84. The van der Waals surface area contributed by atoms with Crippen LogP contribution in [0.5, 0.6) is 0 Å². The Morgan fingerprint density at radius 3 is 2.64 bits per heavy atom. The summed E-state index contributed by atoms with van der Waals surface area (Å²) in [5, 5.41) is 0. The molecule has 0 radical (unpaired) electrons. The van der Waals surface area contributed by atoms with E-state index in [9.17, 15) is 4.79 Å². The van der Waals surface area contributed by atoms with Gasteiger partial charge >= 0.3 is 0 Å². The number of nitrogens with zero attached hydrogens (tertiary/aromatic N) is 2. The maximum absolute atomic E-state index is 11.3. The van der Waals surface area contributed by atoms with Crippen molar-refractivity contribution >= 4 is 5.91 Å². The minimum Gasteiger partial charge on any atom is -0.274 e. The van der Waals surface area contributed by atoms with Crippen molar-refractivity contribution in [1.82, 2.24) is 9.55 Å². The first-order valence-corrected chi connectivity index (χ1v) is 3.67. The maximum atomic E-state index is 11.3. The molecule has 11 heavy (non-hydrogen) atoms. The van der Waals surface area contributed by atoms with E-state index >= 15 is 0 Å². The molecule has 0 aromatic carbocycles. The lowest BCUT2D eigenvalue weighted by Crippen LogP contribution is -2.17. The molecule has 1 aromatic heterocycles. The molecule has 0 aliphatic rings. The van der Waals surface area contributed by atoms with Gasteiger partial charge in [-0.25, -0.2) is 4.98 Å². The fourth-order valence-corrected chi connectivity index (χ4v) is 0.889. The molecule has 1 aromatic rings. The van der Waals surface area contributed by atoms with Gasteiger partial charge in [0.2, 0.25) is 5.91 Å². The largest absolute Gasteiger partial charge is 0.274 e. The summed E-state index contributed by atoms with van der Waals surface area (Å²) in [5.41, 5.74) is 0. The molecular weight excluding hydrogens is 140 g/mol.